The Labute approximate surface area is 105 Å². The van der Waals surface area contributed by atoms with Crippen LogP contribution in [0.1, 0.15) is 21.6 Å². The van der Waals surface area contributed by atoms with Gasteiger partial charge in [-0.2, -0.15) is 0 Å². The lowest BCUT2D eigenvalue weighted by Crippen LogP contribution is -2.06. The maximum Gasteiger partial charge on any atom is 0.170 e. The summed E-state index contributed by atoms with van der Waals surface area (Å²) in [4.78, 5) is 16.2. The average molecular weight is 246 g/mol. The van der Waals surface area contributed by atoms with Gasteiger partial charge < -0.3 is 0 Å². The number of nitrogens with zero attached hydrogens (tertiary/aromatic N) is 1. The summed E-state index contributed by atoms with van der Waals surface area (Å²) in [6, 6.07) is 11.0. The third kappa shape index (κ3) is 2.71. The zero-order valence-electron chi connectivity index (χ0n) is 9.48. The quantitative estimate of drug-likeness (QED) is 0.775. The molecule has 0 atom stereocenters. The fourth-order valence-corrected chi connectivity index (χ4v) is 1.86. The Hall–Kier alpha value is -1.67. The largest absolute Gasteiger partial charge is 0.294 e. The van der Waals surface area contributed by atoms with Gasteiger partial charge in [-0.25, -0.2) is 0 Å². The molecule has 0 fully saturated rings. The Morgan fingerprint density at radius 2 is 2.06 bits per heavy atom. The molecule has 0 aliphatic heterocycles. The first kappa shape index (κ1) is 11.8. The molecule has 1 heterocycles. The van der Waals surface area contributed by atoms with Crippen LogP contribution in [0.25, 0.3) is 0 Å². The standard InChI is InChI=1S/C14H12ClNO/c1-10-5-4-7-12(14(10)15)13(17)9-11-6-2-3-8-16-11/h2-8H,9H2,1H3. The monoisotopic (exact) mass is 245 g/mol. The minimum absolute atomic E-state index is 0.00241. The average Bonchev–Trinajstić information content (AvgIpc) is 2.34. The molecule has 1 aromatic heterocycles. The second-order valence-electron chi connectivity index (χ2n) is 3.86. The van der Waals surface area contributed by atoms with Gasteiger partial charge in [0.05, 0.1) is 11.4 Å². The molecule has 0 saturated heterocycles. The number of hydrogen-bond acceptors (Lipinski definition) is 2. The van der Waals surface area contributed by atoms with Crippen LogP contribution < -0.4 is 0 Å². The molecule has 0 amide bonds. The molecule has 0 N–H and O–H groups in total. The van der Waals surface area contributed by atoms with Crippen molar-refractivity contribution in [1.29, 1.82) is 0 Å². The Morgan fingerprint density at radius 1 is 1.24 bits per heavy atom. The van der Waals surface area contributed by atoms with Gasteiger partial charge >= 0.3 is 0 Å². The van der Waals surface area contributed by atoms with Crippen molar-refractivity contribution in [2.45, 2.75) is 13.3 Å². The van der Waals surface area contributed by atoms with E-state index < -0.39 is 0 Å². The molecule has 0 aliphatic rings. The normalized spacial score (nSPS) is 10.2. The van der Waals surface area contributed by atoms with Crippen molar-refractivity contribution < 1.29 is 4.79 Å². The number of rotatable bonds is 3. The van der Waals surface area contributed by atoms with Crippen LogP contribution in [-0.2, 0) is 6.42 Å². The minimum Gasteiger partial charge on any atom is -0.294 e. The predicted molar refractivity (Wildman–Crippen MR) is 68.5 cm³/mol. The Morgan fingerprint density at radius 3 is 2.76 bits per heavy atom. The number of Topliss-reactive ketones (excluding diaryl/α,β-unsaturated/α-hetero) is 1. The molecule has 17 heavy (non-hydrogen) atoms. The smallest absolute Gasteiger partial charge is 0.170 e. The van der Waals surface area contributed by atoms with E-state index in [4.69, 9.17) is 11.6 Å². The van der Waals surface area contributed by atoms with Crippen LogP contribution in [0.15, 0.2) is 42.6 Å². The molecule has 0 saturated carbocycles. The number of pyridine rings is 1. The number of carbonyl (C=O) groups is 1. The van der Waals surface area contributed by atoms with Gasteiger partial charge in [0.15, 0.2) is 5.78 Å². The van der Waals surface area contributed by atoms with E-state index >= 15 is 0 Å². The van der Waals surface area contributed by atoms with Gasteiger partial charge in [0, 0.05) is 17.5 Å². The van der Waals surface area contributed by atoms with Crippen LogP contribution >= 0.6 is 11.6 Å². The van der Waals surface area contributed by atoms with E-state index in [1.165, 1.54) is 0 Å². The minimum atomic E-state index is -0.00241. The van der Waals surface area contributed by atoms with Crippen LogP contribution in [0.4, 0.5) is 0 Å². The fourth-order valence-electron chi connectivity index (χ4n) is 1.63. The summed E-state index contributed by atoms with van der Waals surface area (Å²) >= 11 is 6.11. The maximum atomic E-state index is 12.1. The molecule has 0 bridgehead atoms. The van der Waals surface area contributed by atoms with Crippen molar-refractivity contribution >= 4 is 17.4 Å². The summed E-state index contributed by atoms with van der Waals surface area (Å²) in [5, 5.41) is 0.536. The number of hydrogen-bond donors (Lipinski definition) is 0. The van der Waals surface area contributed by atoms with Gasteiger partial charge in [0.2, 0.25) is 0 Å². The molecule has 0 spiro atoms. The van der Waals surface area contributed by atoms with E-state index in [0.29, 0.717) is 10.6 Å². The second-order valence-corrected chi connectivity index (χ2v) is 4.24. The number of ketones is 1. The van der Waals surface area contributed by atoms with Crippen molar-refractivity contribution in [2.24, 2.45) is 0 Å². The van der Waals surface area contributed by atoms with E-state index in [2.05, 4.69) is 4.98 Å². The molecular formula is C14H12ClNO. The summed E-state index contributed by atoms with van der Waals surface area (Å²) in [5.74, 6) is -0.00241. The fraction of sp³-hybridized carbons (Fsp3) is 0.143. The third-order valence-electron chi connectivity index (χ3n) is 2.56. The lowest BCUT2D eigenvalue weighted by molar-refractivity contribution is 0.0992. The Kier molecular flexibility index (Phi) is 3.55. The molecule has 0 radical (unpaired) electrons. The first-order chi connectivity index (χ1) is 8.18. The van der Waals surface area contributed by atoms with Crippen molar-refractivity contribution in [3.63, 3.8) is 0 Å². The summed E-state index contributed by atoms with van der Waals surface area (Å²) in [6.07, 6.45) is 1.96. The number of benzene rings is 1. The number of aromatic nitrogens is 1. The highest BCUT2D eigenvalue weighted by molar-refractivity contribution is 6.34. The van der Waals surface area contributed by atoms with Crippen LogP contribution in [-0.4, -0.2) is 10.8 Å². The summed E-state index contributed by atoms with van der Waals surface area (Å²) in [7, 11) is 0. The van der Waals surface area contributed by atoms with Crippen LogP contribution in [0, 0.1) is 6.92 Å². The van der Waals surface area contributed by atoms with Crippen molar-refractivity contribution in [2.75, 3.05) is 0 Å². The van der Waals surface area contributed by atoms with Crippen LogP contribution in [0.5, 0.6) is 0 Å². The van der Waals surface area contributed by atoms with E-state index in [1.54, 1.807) is 12.3 Å². The molecule has 0 aliphatic carbocycles. The van der Waals surface area contributed by atoms with Crippen molar-refractivity contribution in [3.8, 4) is 0 Å². The molecule has 1 aromatic carbocycles. The summed E-state index contributed by atoms with van der Waals surface area (Å²) in [6.45, 7) is 1.89. The highest BCUT2D eigenvalue weighted by Crippen LogP contribution is 2.21. The SMILES string of the molecule is Cc1cccc(C(=O)Cc2ccccn2)c1Cl. The van der Waals surface area contributed by atoms with E-state index in [1.807, 2.05) is 37.3 Å². The topological polar surface area (TPSA) is 30.0 Å². The molecule has 0 unspecified atom stereocenters. The van der Waals surface area contributed by atoms with Crippen molar-refractivity contribution in [1.82, 2.24) is 4.98 Å². The lowest BCUT2D eigenvalue weighted by Gasteiger charge is -2.05. The van der Waals surface area contributed by atoms with Crippen LogP contribution in [0.2, 0.25) is 5.02 Å². The first-order valence-electron chi connectivity index (χ1n) is 5.36. The van der Waals surface area contributed by atoms with Gasteiger partial charge in [-0.15, -0.1) is 0 Å². The van der Waals surface area contributed by atoms with Gasteiger partial charge in [-0.3, -0.25) is 9.78 Å². The van der Waals surface area contributed by atoms with Gasteiger partial charge in [-0.1, -0.05) is 29.8 Å². The summed E-state index contributed by atoms with van der Waals surface area (Å²) in [5.41, 5.74) is 2.24. The van der Waals surface area contributed by atoms with E-state index in [-0.39, 0.29) is 12.2 Å². The second kappa shape index (κ2) is 5.11. The van der Waals surface area contributed by atoms with Gasteiger partial charge in [0.1, 0.15) is 0 Å². The molecule has 86 valence electrons. The molecule has 3 heteroatoms. The molecular weight excluding hydrogens is 234 g/mol. The Bertz CT molecular complexity index is 537. The zero-order valence-corrected chi connectivity index (χ0v) is 10.2. The van der Waals surface area contributed by atoms with Gasteiger partial charge in [-0.05, 0) is 30.7 Å². The van der Waals surface area contributed by atoms with E-state index in [9.17, 15) is 4.79 Å². The number of carbonyl (C=O) groups excluding carboxylic acids is 1. The third-order valence-corrected chi connectivity index (χ3v) is 3.06. The number of aryl methyl sites for hydroxylation is 1. The Balaban J connectivity index is 2.24. The lowest BCUT2D eigenvalue weighted by atomic mass is 10.0. The summed E-state index contributed by atoms with van der Waals surface area (Å²) < 4.78 is 0. The van der Waals surface area contributed by atoms with Crippen molar-refractivity contribution in [3.05, 3.63) is 64.4 Å². The molecule has 2 nitrogen and oxygen atoms in total. The highest BCUT2D eigenvalue weighted by Gasteiger charge is 2.12. The maximum absolute atomic E-state index is 12.1. The zero-order chi connectivity index (χ0) is 12.3. The molecule has 2 aromatic rings. The number of halogens is 1. The van der Waals surface area contributed by atoms with E-state index in [0.717, 1.165) is 11.3 Å². The molecule has 2 rings (SSSR count). The van der Waals surface area contributed by atoms with Gasteiger partial charge in [0.25, 0.3) is 0 Å². The first-order valence-corrected chi connectivity index (χ1v) is 5.74. The highest BCUT2D eigenvalue weighted by atomic mass is 35.5. The predicted octanol–water partition coefficient (Wildman–Crippen LogP) is 3.47. The van der Waals surface area contributed by atoms with Crippen LogP contribution in [0.3, 0.4) is 0 Å².